The van der Waals surface area contributed by atoms with Crippen molar-refractivity contribution in [3.05, 3.63) is 84.9 Å². The first kappa shape index (κ1) is 18.9. The monoisotopic (exact) mass is 409 g/mol. The van der Waals surface area contributed by atoms with Crippen molar-refractivity contribution in [2.75, 3.05) is 5.75 Å². The molecule has 0 radical (unpaired) electrons. The van der Waals surface area contributed by atoms with Crippen LogP contribution in [0.3, 0.4) is 0 Å². The summed E-state index contributed by atoms with van der Waals surface area (Å²) in [5.41, 5.74) is 1.53. The molecule has 0 N–H and O–H groups in total. The summed E-state index contributed by atoms with van der Waals surface area (Å²) in [4.78, 5) is 20.4. The van der Waals surface area contributed by atoms with Crippen molar-refractivity contribution in [1.82, 2.24) is 14.5 Å². The summed E-state index contributed by atoms with van der Waals surface area (Å²) in [6, 6.07) is 15.7. The average molecular weight is 409 g/mol. The van der Waals surface area contributed by atoms with Crippen molar-refractivity contribution in [3.63, 3.8) is 0 Å². The lowest BCUT2D eigenvalue weighted by Crippen LogP contribution is -2.08. The van der Waals surface area contributed by atoms with E-state index in [2.05, 4.69) is 9.97 Å². The van der Waals surface area contributed by atoms with Crippen LogP contribution in [0.1, 0.15) is 5.89 Å². The number of aromatic nitrogens is 3. The van der Waals surface area contributed by atoms with Crippen LogP contribution in [-0.2, 0) is 16.1 Å². The zero-order chi connectivity index (χ0) is 20.1. The molecule has 29 heavy (non-hydrogen) atoms. The van der Waals surface area contributed by atoms with E-state index in [1.807, 2.05) is 30.3 Å². The van der Waals surface area contributed by atoms with Crippen LogP contribution in [0.4, 0.5) is 4.39 Å². The van der Waals surface area contributed by atoms with Gasteiger partial charge in [0.15, 0.2) is 17.5 Å². The smallest absolute Gasteiger partial charge is 0.316 e. The summed E-state index contributed by atoms with van der Waals surface area (Å²) < 4.78 is 26.0. The number of ether oxygens (including phenoxy) is 1. The van der Waals surface area contributed by atoms with E-state index in [0.717, 1.165) is 5.56 Å². The first-order valence-corrected chi connectivity index (χ1v) is 9.75. The SMILES string of the molecule is O=C(CSc1nccn1-c1cccc(F)c1)OCc1ncc(-c2ccccc2)o1. The number of nitrogens with zero attached hydrogens (tertiary/aromatic N) is 3. The predicted octanol–water partition coefficient (Wildman–Crippen LogP) is 4.50. The number of carbonyl (C=O) groups excluding carboxylic acids is 1. The van der Waals surface area contributed by atoms with E-state index < -0.39 is 5.97 Å². The number of hydrogen-bond donors (Lipinski definition) is 0. The first-order valence-electron chi connectivity index (χ1n) is 8.77. The molecule has 0 atom stereocenters. The Morgan fingerprint density at radius 1 is 1.14 bits per heavy atom. The van der Waals surface area contributed by atoms with E-state index in [-0.39, 0.29) is 18.2 Å². The molecule has 6 nitrogen and oxygen atoms in total. The first-order chi connectivity index (χ1) is 14.2. The molecule has 4 aromatic rings. The summed E-state index contributed by atoms with van der Waals surface area (Å²) in [7, 11) is 0. The maximum absolute atomic E-state index is 13.4. The van der Waals surface area contributed by atoms with Crippen molar-refractivity contribution < 1.29 is 18.3 Å². The number of thioether (sulfide) groups is 1. The van der Waals surface area contributed by atoms with E-state index in [4.69, 9.17) is 9.15 Å². The highest BCUT2D eigenvalue weighted by Crippen LogP contribution is 2.22. The summed E-state index contributed by atoms with van der Waals surface area (Å²) in [6.45, 7) is -0.0510. The van der Waals surface area contributed by atoms with Gasteiger partial charge in [-0.2, -0.15) is 0 Å². The van der Waals surface area contributed by atoms with Crippen LogP contribution in [0.2, 0.25) is 0 Å². The Labute approximate surface area is 170 Å². The molecule has 0 bridgehead atoms. The molecule has 0 aliphatic rings. The fraction of sp³-hybridized carbons (Fsp3) is 0.0952. The van der Waals surface area contributed by atoms with E-state index in [0.29, 0.717) is 22.5 Å². The van der Waals surface area contributed by atoms with E-state index >= 15 is 0 Å². The summed E-state index contributed by atoms with van der Waals surface area (Å²) in [5.74, 6) is 0.223. The van der Waals surface area contributed by atoms with Crippen LogP contribution in [-0.4, -0.2) is 26.3 Å². The van der Waals surface area contributed by atoms with Gasteiger partial charge in [0.25, 0.3) is 0 Å². The zero-order valence-corrected chi connectivity index (χ0v) is 16.0. The highest BCUT2D eigenvalue weighted by atomic mass is 32.2. The molecule has 0 amide bonds. The Bertz CT molecular complexity index is 1110. The molecule has 0 spiro atoms. The van der Waals surface area contributed by atoms with Crippen LogP contribution in [0.25, 0.3) is 17.0 Å². The number of oxazole rings is 1. The van der Waals surface area contributed by atoms with Gasteiger partial charge < -0.3 is 9.15 Å². The molecule has 0 saturated heterocycles. The molecule has 8 heteroatoms. The van der Waals surface area contributed by atoms with Gasteiger partial charge >= 0.3 is 5.97 Å². The molecule has 0 unspecified atom stereocenters. The number of rotatable bonds is 7. The minimum Gasteiger partial charge on any atom is -0.455 e. The van der Waals surface area contributed by atoms with Gasteiger partial charge in [0.2, 0.25) is 5.89 Å². The minimum absolute atomic E-state index is 0.0510. The Kier molecular flexibility index (Phi) is 5.71. The van der Waals surface area contributed by atoms with Gasteiger partial charge in [0, 0.05) is 18.0 Å². The number of hydrogen-bond acceptors (Lipinski definition) is 6. The molecule has 0 aliphatic heterocycles. The molecule has 4 rings (SSSR count). The average Bonchev–Trinajstić information content (AvgIpc) is 3.41. The van der Waals surface area contributed by atoms with E-state index in [9.17, 15) is 9.18 Å². The van der Waals surface area contributed by atoms with Crippen molar-refractivity contribution in [2.45, 2.75) is 11.8 Å². The zero-order valence-electron chi connectivity index (χ0n) is 15.2. The Morgan fingerprint density at radius 2 is 2.00 bits per heavy atom. The van der Waals surface area contributed by atoms with Gasteiger partial charge in [0.05, 0.1) is 17.6 Å². The quantitative estimate of drug-likeness (QED) is 0.331. The van der Waals surface area contributed by atoms with Gasteiger partial charge in [-0.1, -0.05) is 48.2 Å². The highest BCUT2D eigenvalue weighted by Gasteiger charge is 2.12. The standard InChI is InChI=1S/C21H16FN3O3S/c22-16-7-4-8-17(11-16)25-10-9-23-21(25)29-14-20(26)27-13-19-24-12-18(28-19)15-5-2-1-3-6-15/h1-12H,13-14H2. The second-order valence-corrected chi connectivity index (χ2v) is 6.94. The second-order valence-electron chi connectivity index (χ2n) is 5.99. The normalized spacial score (nSPS) is 10.8. The lowest BCUT2D eigenvalue weighted by Gasteiger charge is -2.07. The molecule has 2 heterocycles. The largest absolute Gasteiger partial charge is 0.455 e. The van der Waals surface area contributed by atoms with Crippen molar-refractivity contribution in [3.8, 4) is 17.0 Å². The number of benzene rings is 2. The Hall–Kier alpha value is -3.39. The second kappa shape index (κ2) is 8.74. The predicted molar refractivity (Wildman–Crippen MR) is 106 cm³/mol. The molecule has 2 aromatic heterocycles. The molecule has 2 aromatic carbocycles. The summed E-state index contributed by atoms with van der Waals surface area (Å²) in [5, 5.41) is 0.565. The Morgan fingerprint density at radius 3 is 2.83 bits per heavy atom. The van der Waals surface area contributed by atoms with Crippen LogP contribution in [0.15, 0.2) is 82.8 Å². The fourth-order valence-electron chi connectivity index (χ4n) is 2.64. The van der Waals surface area contributed by atoms with Gasteiger partial charge in [0.1, 0.15) is 5.82 Å². The van der Waals surface area contributed by atoms with Crippen molar-refractivity contribution in [2.24, 2.45) is 0 Å². The summed E-state index contributed by atoms with van der Waals surface area (Å²) >= 11 is 1.20. The molecular weight excluding hydrogens is 393 g/mol. The topological polar surface area (TPSA) is 70.2 Å². The molecule has 0 aliphatic carbocycles. The third kappa shape index (κ3) is 4.72. The molecular formula is C21H16FN3O3S. The lowest BCUT2D eigenvalue weighted by molar-refractivity contribution is -0.142. The number of imidazole rings is 1. The highest BCUT2D eigenvalue weighted by molar-refractivity contribution is 7.99. The maximum Gasteiger partial charge on any atom is 0.316 e. The van der Waals surface area contributed by atoms with Gasteiger partial charge in [-0.25, -0.2) is 14.4 Å². The van der Waals surface area contributed by atoms with Gasteiger partial charge in [-0.05, 0) is 18.2 Å². The fourth-order valence-corrected chi connectivity index (χ4v) is 3.41. The third-order valence-corrected chi connectivity index (χ3v) is 4.92. The maximum atomic E-state index is 13.4. The molecule has 0 saturated carbocycles. The van der Waals surface area contributed by atoms with Gasteiger partial charge in [-0.3, -0.25) is 9.36 Å². The van der Waals surface area contributed by atoms with Gasteiger partial charge in [-0.15, -0.1) is 0 Å². The number of halogens is 1. The summed E-state index contributed by atoms with van der Waals surface area (Å²) in [6.07, 6.45) is 4.90. The number of carbonyl (C=O) groups is 1. The van der Waals surface area contributed by atoms with E-state index in [1.165, 1.54) is 23.9 Å². The number of esters is 1. The van der Waals surface area contributed by atoms with Crippen molar-refractivity contribution in [1.29, 1.82) is 0 Å². The molecule has 0 fully saturated rings. The third-order valence-electron chi connectivity index (χ3n) is 3.98. The van der Waals surface area contributed by atoms with E-state index in [1.54, 1.807) is 35.3 Å². The minimum atomic E-state index is -0.428. The van der Waals surface area contributed by atoms with Crippen LogP contribution >= 0.6 is 11.8 Å². The van der Waals surface area contributed by atoms with Crippen LogP contribution in [0, 0.1) is 5.82 Å². The van der Waals surface area contributed by atoms with Crippen LogP contribution < -0.4 is 0 Å². The Balaban J connectivity index is 1.32. The van der Waals surface area contributed by atoms with Crippen LogP contribution in [0.5, 0.6) is 0 Å². The molecule has 146 valence electrons. The van der Waals surface area contributed by atoms with Crippen molar-refractivity contribution >= 4 is 17.7 Å². The lowest BCUT2D eigenvalue weighted by atomic mass is 10.2.